The maximum atomic E-state index is 11.4. The van der Waals surface area contributed by atoms with Gasteiger partial charge >= 0.3 is 5.97 Å². The van der Waals surface area contributed by atoms with E-state index in [1.807, 2.05) is 12.1 Å². The van der Waals surface area contributed by atoms with Gasteiger partial charge in [0.15, 0.2) is 5.69 Å². The summed E-state index contributed by atoms with van der Waals surface area (Å²) in [6.45, 7) is 0. The number of rotatable bonds is 1. The van der Waals surface area contributed by atoms with Crippen molar-refractivity contribution in [3.63, 3.8) is 0 Å². The molecule has 2 aromatic rings. The largest absolute Gasteiger partial charge is 0.464 e. The van der Waals surface area contributed by atoms with Gasteiger partial charge in [0.25, 0.3) is 0 Å². The molecule has 0 saturated heterocycles. The third-order valence-corrected chi connectivity index (χ3v) is 3.03. The number of carbonyl (C=O) groups excluding carboxylic acids is 1. The Balaban J connectivity index is 2.74. The van der Waals surface area contributed by atoms with Crippen LogP contribution in [0.5, 0.6) is 0 Å². The smallest absolute Gasteiger partial charge is 0.356 e. The zero-order chi connectivity index (χ0) is 11.0. The lowest BCUT2D eigenvalue weighted by molar-refractivity contribution is 0.0596. The maximum Gasteiger partial charge on any atom is 0.356 e. The van der Waals surface area contributed by atoms with Crippen LogP contribution in [-0.4, -0.2) is 23.3 Å². The molecule has 78 valence electrons. The van der Waals surface area contributed by atoms with Crippen molar-refractivity contribution in [2.75, 3.05) is 7.11 Å². The quantitative estimate of drug-likeness (QED) is 0.816. The molecule has 6 heteroatoms. The van der Waals surface area contributed by atoms with Gasteiger partial charge in [0, 0.05) is 14.3 Å². The first-order valence-corrected chi connectivity index (χ1v) is 5.63. The highest BCUT2D eigenvalue weighted by molar-refractivity contribution is 9.11. The predicted molar refractivity (Wildman–Crippen MR) is 62.8 cm³/mol. The van der Waals surface area contributed by atoms with Crippen LogP contribution in [-0.2, 0) is 4.74 Å². The van der Waals surface area contributed by atoms with E-state index in [0.29, 0.717) is 11.2 Å². The second kappa shape index (κ2) is 3.94. The van der Waals surface area contributed by atoms with Crippen LogP contribution in [0.15, 0.2) is 21.1 Å². The van der Waals surface area contributed by atoms with E-state index >= 15 is 0 Å². The zero-order valence-electron chi connectivity index (χ0n) is 7.67. The lowest BCUT2D eigenvalue weighted by atomic mass is 10.2. The second-order valence-corrected chi connectivity index (χ2v) is 4.64. The molecule has 0 spiro atoms. The number of hydrogen-bond acceptors (Lipinski definition) is 3. The lowest BCUT2D eigenvalue weighted by Gasteiger charge is -1.97. The Morgan fingerprint density at radius 3 is 2.87 bits per heavy atom. The molecule has 1 heterocycles. The monoisotopic (exact) mass is 332 g/mol. The molecule has 2 rings (SSSR count). The molecule has 0 fully saturated rings. The van der Waals surface area contributed by atoms with Gasteiger partial charge in [0.05, 0.1) is 7.11 Å². The summed E-state index contributed by atoms with van der Waals surface area (Å²) in [5.74, 6) is -0.428. The Morgan fingerprint density at radius 1 is 1.47 bits per heavy atom. The fourth-order valence-corrected chi connectivity index (χ4v) is 2.61. The molecule has 0 aliphatic carbocycles. The summed E-state index contributed by atoms with van der Waals surface area (Å²) in [4.78, 5) is 11.4. The summed E-state index contributed by atoms with van der Waals surface area (Å²) in [6.07, 6.45) is 0. The highest BCUT2D eigenvalue weighted by Gasteiger charge is 2.15. The van der Waals surface area contributed by atoms with Crippen molar-refractivity contribution >= 4 is 48.7 Å². The van der Waals surface area contributed by atoms with Crippen molar-refractivity contribution in [2.45, 2.75) is 0 Å². The molecule has 0 aliphatic rings. The van der Waals surface area contributed by atoms with Crippen LogP contribution in [0.3, 0.4) is 0 Å². The number of halogens is 2. The van der Waals surface area contributed by atoms with Gasteiger partial charge < -0.3 is 4.74 Å². The number of nitrogens with one attached hydrogen (secondary N) is 1. The number of nitrogens with zero attached hydrogens (tertiary/aromatic N) is 1. The number of H-pyrrole nitrogens is 1. The summed E-state index contributed by atoms with van der Waals surface area (Å²) < 4.78 is 6.33. The van der Waals surface area contributed by atoms with Gasteiger partial charge in [0.2, 0.25) is 0 Å². The number of methoxy groups -OCH3 is 1. The van der Waals surface area contributed by atoms with Crippen molar-refractivity contribution in [1.82, 2.24) is 10.2 Å². The number of carbonyl (C=O) groups is 1. The predicted octanol–water partition coefficient (Wildman–Crippen LogP) is 2.87. The lowest BCUT2D eigenvalue weighted by Crippen LogP contribution is -2.01. The standard InChI is InChI=1S/C9H6Br2N2O2/c1-15-9(14)8-5-2-4(10)3-6(11)7(5)12-13-8/h2-3H,1H3,(H,12,13). The van der Waals surface area contributed by atoms with Crippen molar-refractivity contribution in [3.8, 4) is 0 Å². The molecule has 0 bridgehead atoms. The van der Waals surface area contributed by atoms with Gasteiger partial charge in [-0.1, -0.05) is 15.9 Å². The number of aromatic nitrogens is 2. The van der Waals surface area contributed by atoms with Crippen LogP contribution in [0, 0.1) is 0 Å². The van der Waals surface area contributed by atoms with E-state index in [1.165, 1.54) is 7.11 Å². The van der Waals surface area contributed by atoms with E-state index in [9.17, 15) is 4.79 Å². The topological polar surface area (TPSA) is 55.0 Å². The SMILES string of the molecule is COC(=O)c1[nH]nc2c(Br)cc(Br)cc12. The van der Waals surface area contributed by atoms with E-state index in [0.717, 1.165) is 14.3 Å². The molecule has 1 N–H and O–H groups in total. The first-order chi connectivity index (χ1) is 7.13. The van der Waals surface area contributed by atoms with Crippen molar-refractivity contribution in [2.24, 2.45) is 0 Å². The Bertz CT molecular complexity index is 536. The van der Waals surface area contributed by atoms with E-state index in [1.54, 1.807) is 0 Å². The number of hydrogen-bond donors (Lipinski definition) is 1. The average Bonchev–Trinajstić information content (AvgIpc) is 2.60. The molecule has 1 aromatic heterocycles. The van der Waals surface area contributed by atoms with Gasteiger partial charge in [-0.3, -0.25) is 5.10 Å². The minimum Gasteiger partial charge on any atom is -0.464 e. The molecule has 0 aliphatic heterocycles. The van der Waals surface area contributed by atoms with E-state index in [-0.39, 0.29) is 0 Å². The Morgan fingerprint density at radius 2 is 2.20 bits per heavy atom. The molecule has 0 saturated carbocycles. The van der Waals surface area contributed by atoms with Gasteiger partial charge in [-0.15, -0.1) is 0 Å². The van der Waals surface area contributed by atoms with Gasteiger partial charge in [0.1, 0.15) is 5.52 Å². The fraction of sp³-hybridized carbons (Fsp3) is 0.111. The Kier molecular flexibility index (Phi) is 2.79. The minimum atomic E-state index is -0.428. The normalized spacial score (nSPS) is 10.6. The summed E-state index contributed by atoms with van der Waals surface area (Å²) in [5.41, 5.74) is 1.06. The van der Waals surface area contributed by atoms with Crippen LogP contribution in [0.2, 0.25) is 0 Å². The number of esters is 1. The summed E-state index contributed by atoms with van der Waals surface area (Å²) in [5, 5.41) is 7.42. The molecule has 0 atom stereocenters. The van der Waals surface area contributed by atoms with Crippen LogP contribution < -0.4 is 0 Å². The van der Waals surface area contributed by atoms with E-state index in [2.05, 4.69) is 46.8 Å². The van der Waals surface area contributed by atoms with Gasteiger partial charge in [-0.25, -0.2) is 4.79 Å². The highest BCUT2D eigenvalue weighted by atomic mass is 79.9. The Hall–Kier alpha value is -0.880. The zero-order valence-corrected chi connectivity index (χ0v) is 10.8. The minimum absolute atomic E-state index is 0.356. The number of aromatic amines is 1. The van der Waals surface area contributed by atoms with E-state index < -0.39 is 5.97 Å². The number of fused-ring (bicyclic) bond motifs is 1. The third kappa shape index (κ3) is 1.79. The van der Waals surface area contributed by atoms with Gasteiger partial charge in [-0.05, 0) is 28.1 Å². The molecular formula is C9H6Br2N2O2. The van der Waals surface area contributed by atoms with Crippen molar-refractivity contribution in [1.29, 1.82) is 0 Å². The first-order valence-electron chi connectivity index (χ1n) is 4.05. The molecule has 4 nitrogen and oxygen atoms in total. The van der Waals surface area contributed by atoms with Crippen LogP contribution in [0.4, 0.5) is 0 Å². The third-order valence-electron chi connectivity index (χ3n) is 1.97. The molecule has 1 aromatic carbocycles. The van der Waals surface area contributed by atoms with Crippen LogP contribution in [0.25, 0.3) is 10.9 Å². The summed E-state index contributed by atoms with van der Waals surface area (Å²) in [7, 11) is 1.34. The molecule has 0 unspecified atom stereocenters. The second-order valence-electron chi connectivity index (χ2n) is 2.87. The van der Waals surface area contributed by atoms with Gasteiger partial charge in [-0.2, -0.15) is 5.10 Å². The van der Waals surface area contributed by atoms with Crippen LogP contribution in [0.1, 0.15) is 10.5 Å². The molecule has 0 radical (unpaired) electrons. The van der Waals surface area contributed by atoms with Crippen molar-refractivity contribution < 1.29 is 9.53 Å². The molecule has 0 amide bonds. The average molecular weight is 334 g/mol. The molecule has 15 heavy (non-hydrogen) atoms. The van der Waals surface area contributed by atoms with E-state index in [4.69, 9.17) is 0 Å². The molecular weight excluding hydrogens is 328 g/mol. The van der Waals surface area contributed by atoms with Crippen LogP contribution >= 0.6 is 31.9 Å². The number of benzene rings is 1. The Labute approximate surface area is 102 Å². The highest BCUT2D eigenvalue weighted by Crippen LogP contribution is 2.28. The summed E-state index contributed by atoms with van der Waals surface area (Å²) in [6, 6.07) is 3.68. The fourth-order valence-electron chi connectivity index (χ4n) is 1.30. The first kappa shape index (κ1) is 10.6. The van der Waals surface area contributed by atoms with Crippen molar-refractivity contribution in [3.05, 3.63) is 26.8 Å². The number of ether oxygens (including phenoxy) is 1. The maximum absolute atomic E-state index is 11.4. The summed E-state index contributed by atoms with van der Waals surface area (Å²) >= 11 is 6.72.